The molecule has 1 amide bonds. The molecule has 72 valence electrons. The number of hydrogen-bond donors (Lipinski definition) is 1. The molecule has 4 heteroatoms. The number of carbonyl (C=O) groups is 1. The van der Waals surface area contributed by atoms with Gasteiger partial charge in [-0.2, -0.15) is 5.10 Å². The number of hydrogen-bond acceptors (Lipinski definition) is 2. The molecule has 0 aliphatic rings. The summed E-state index contributed by atoms with van der Waals surface area (Å²) >= 11 is 0. The van der Waals surface area contributed by atoms with E-state index < -0.39 is 5.91 Å². The zero-order chi connectivity index (χ0) is 10.0. The van der Waals surface area contributed by atoms with E-state index in [1.165, 1.54) is 0 Å². The van der Waals surface area contributed by atoms with Gasteiger partial charge in [0.05, 0.1) is 6.04 Å². The molecule has 13 heavy (non-hydrogen) atoms. The molecule has 0 fully saturated rings. The molecule has 0 saturated heterocycles. The fourth-order valence-electron chi connectivity index (χ4n) is 1.00. The van der Waals surface area contributed by atoms with E-state index in [0.717, 1.165) is 0 Å². The number of nitrogens with zero attached hydrogens (tertiary/aromatic N) is 2. The van der Waals surface area contributed by atoms with Gasteiger partial charge in [0.15, 0.2) is 0 Å². The molecule has 0 aliphatic carbocycles. The Morgan fingerprint density at radius 3 is 2.54 bits per heavy atom. The fraction of sp³-hybridized carbons (Fsp3) is 0.556. The first kappa shape index (κ1) is 9.77. The van der Waals surface area contributed by atoms with Crippen LogP contribution in [0.3, 0.4) is 0 Å². The maximum Gasteiger partial charge on any atom is 0.269 e. The summed E-state index contributed by atoms with van der Waals surface area (Å²) in [4.78, 5) is 10.8. The minimum absolute atomic E-state index is 0.285. The summed E-state index contributed by atoms with van der Waals surface area (Å²) in [6, 6.07) is 1.93. The first-order valence-corrected chi connectivity index (χ1v) is 4.37. The average Bonchev–Trinajstić information content (AvgIpc) is 2.50. The van der Waals surface area contributed by atoms with Crippen molar-refractivity contribution in [1.82, 2.24) is 9.78 Å². The third-order valence-corrected chi connectivity index (χ3v) is 2.24. The van der Waals surface area contributed by atoms with E-state index in [1.807, 2.05) is 0 Å². The van der Waals surface area contributed by atoms with Crippen LogP contribution < -0.4 is 5.73 Å². The van der Waals surface area contributed by atoms with Gasteiger partial charge in [0.2, 0.25) is 0 Å². The third kappa shape index (κ3) is 2.08. The van der Waals surface area contributed by atoms with E-state index in [1.54, 1.807) is 16.9 Å². The summed E-state index contributed by atoms with van der Waals surface area (Å²) in [5.74, 6) is 0.00957. The van der Waals surface area contributed by atoms with Crippen molar-refractivity contribution in [2.75, 3.05) is 0 Å². The Labute approximate surface area is 77.7 Å². The second-order valence-corrected chi connectivity index (χ2v) is 3.53. The van der Waals surface area contributed by atoms with Crippen LogP contribution in [0, 0.1) is 5.92 Å². The molecule has 0 spiro atoms. The van der Waals surface area contributed by atoms with Crippen molar-refractivity contribution in [2.45, 2.75) is 26.8 Å². The largest absolute Gasteiger partial charge is 0.364 e. The molecular weight excluding hydrogens is 166 g/mol. The molecule has 1 aromatic heterocycles. The van der Waals surface area contributed by atoms with Crippen LogP contribution in [0.2, 0.25) is 0 Å². The maximum absolute atomic E-state index is 10.8. The number of rotatable bonds is 3. The van der Waals surface area contributed by atoms with Crippen LogP contribution in [0.1, 0.15) is 37.3 Å². The number of nitrogens with two attached hydrogens (primary N) is 1. The van der Waals surface area contributed by atoms with Crippen molar-refractivity contribution >= 4 is 5.91 Å². The van der Waals surface area contributed by atoms with Gasteiger partial charge >= 0.3 is 0 Å². The molecule has 1 atom stereocenters. The van der Waals surface area contributed by atoms with Crippen molar-refractivity contribution in [3.05, 3.63) is 18.0 Å². The van der Waals surface area contributed by atoms with Crippen LogP contribution in [0.25, 0.3) is 0 Å². The van der Waals surface area contributed by atoms with E-state index in [4.69, 9.17) is 5.73 Å². The Bertz CT molecular complexity index is 304. The normalized spacial score (nSPS) is 13.2. The van der Waals surface area contributed by atoms with Gasteiger partial charge in [-0.15, -0.1) is 0 Å². The predicted octanol–water partition coefficient (Wildman–Crippen LogP) is 1.20. The first-order valence-electron chi connectivity index (χ1n) is 4.37. The summed E-state index contributed by atoms with van der Waals surface area (Å²) in [5, 5.41) is 4.07. The molecule has 1 unspecified atom stereocenters. The van der Waals surface area contributed by atoms with E-state index in [-0.39, 0.29) is 6.04 Å². The van der Waals surface area contributed by atoms with E-state index >= 15 is 0 Å². The van der Waals surface area contributed by atoms with Crippen molar-refractivity contribution < 1.29 is 4.79 Å². The van der Waals surface area contributed by atoms with Crippen LogP contribution in [-0.4, -0.2) is 15.7 Å². The quantitative estimate of drug-likeness (QED) is 0.761. The highest BCUT2D eigenvalue weighted by Crippen LogP contribution is 2.15. The lowest BCUT2D eigenvalue weighted by atomic mass is 10.1. The van der Waals surface area contributed by atoms with Crippen LogP contribution >= 0.6 is 0 Å². The Morgan fingerprint density at radius 2 is 2.15 bits per heavy atom. The van der Waals surface area contributed by atoms with Gasteiger partial charge in [-0.05, 0) is 18.9 Å². The Kier molecular flexibility index (Phi) is 2.70. The molecule has 4 nitrogen and oxygen atoms in total. The van der Waals surface area contributed by atoms with E-state index in [0.29, 0.717) is 11.6 Å². The monoisotopic (exact) mass is 181 g/mol. The lowest BCUT2D eigenvalue weighted by Gasteiger charge is -2.15. The van der Waals surface area contributed by atoms with Gasteiger partial charge in [0.1, 0.15) is 5.69 Å². The summed E-state index contributed by atoms with van der Waals surface area (Å²) in [5.41, 5.74) is 5.41. The van der Waals surface area contributed by atoms with Crippen LogP contribution in [0.15, 0.2) is 12.3 Å². The molecular formula is C9H15N3O. The van der Waals surface area contributed by atoms with Crippen LogP contribution in [-0.2, 0) is 0 Å². The summed E-state index contributed by atoms with van der Waals surface area (Å²) in [6.07, 6.45) is 1.78. The molecule has 1 heterocycles. The van der Waals surface area contributed by atoms with Gasteiger partial charge in [-0.3, -0.25) is 9.48 Å². The number of primary amides is 1. The van der Waals surface area contributed by atoms with E-state index in [9.17, 15) is 4.79 Å². The predicted molar refractivity (Wildman–Crippen MR) is 50.3 cm³/mol. The molecule has 1 rings (SSSR count). The number of amides is 1. The Morgan fingerprint density at radius 1 is 1.54 bits per heavy atom. The lowest BCUT2D eigenvalue weighted by Crippen LogP contribution is -2.15. The fourth-order valence-corrected chi connectivity index (χ4v) is 1.00. The standard InChI is InChI=1S/C9H15N3O/c1-6(2)7(3)12-5-4-8(11-12)9(10)13/h4-7H,1-3H3,(H2,10,13). The van der Waals surface area contributed by atoms with Gasteiger partial charge in [0.25, 0.3) is 5.91 Å². The highest BCUT2D eigenvalue weighted by Gasteiger charge is 2.12. The maximum atomic E-state index is 10.8. The minimum atomic E-state index is -0.477. The Hall–Kier alpha value is -1.32. The molecule has 0 aromatic carbocycles. The third-order valence-electron chi connectivity index (χ3n) is 2.24. The van der Waals surface area contributed by atoms with Crippen molar-refractivity contribution in [1.29, 1.82) is 0 Å². The van der Waals surface area contributed by atoms with Crippen molar-refractivity contribution in [3.8, 4) is 0 Å². The van der Waals surface area contributed by atoms with Gasteiger partial charge in [-0.1, -0.05) is 13.8 Å². The average molecular weight is 181 g/mol. The molecule has 0 radical (unpaired) electrons. The molecule has 0 aliphatic heterocycles. The van der Waals surface area contributed by atoms with Gasteiger partial charge in [-0.25, -0.2) is 0 Å². The number of carbonyl (C=O) groups excluding carboxylic acids is 1. The smallest absolute Gasteiger partial charge is 0.269 e. The second kappa shape index (κ2) is 3.60. The molecule has 0 bridgehead atoms. The highest BCUT2D eigenvalue weighted by molar-refractivity contribution is 5.90. The van der Waals surface area contributed by atoms with Crippen molar-refractivity contribution in [3.63, 3.8) is 0 Å². The first-order chi connectivity index (χ1) is 6.02. The molecule has 2 N–H and O–H groups in total. The SMILES string of the molecule is CC(C)C(C)n1ccc(C(N)=O)n1. The zero-order valence-corrected chi connectivity index (χ0v) is 8.19. The van der Waals surface area contributed by atoms with Crippen molar-refractivity contribution in [2.24, 2.45) is 11.7 Å². The van der Waals surface area contributed by atoms with Gasteiger partial charge < -0.3 is 5.73 Å². The second-order valence-electron chi connectivity index (χ2n) is 3.53. The topological polar surface area (TPSA) is 60.9 Å². The summed E-state index contributed by atoms with van der Waals surface area (Å²) in [7, 11) is 0. The summed E-state index contributed by atoms with van der Waals surface area (Å²) < 4.78 is 1.77. The highest BCUT2D eigenvalue weighted by atomic mass is 16.1. The summed E-state index contributed by atoms with van der Waals surface area (Å²) in [6.45, 7) is 6.27. The molecule has 0 saturated carbocycles. The van der Waals surface area contributed by atoms with E-state index in [2.05, 4.69) is 25.9 Å². The molecule has 1 aromatic rings. The zero-order valence-electron chi connectivity index (χ0n) is 8.19. The minimum Gasteiger partial charge on any atom is -0.364 e. The van der Waals surface area contributed by atoms with Gasteiger partial charge in [0, 0.05) is 6.20 Å². The van der Waals surface area contributed by atoms with Crippen LogP contribution in [0.4, 0.5) is 0 Å². The lowest BCUT2D eigenvalue weighted by molar-refractivity contribution is 0.0994. The number of aromatic nitrogens is 2. The van der Waals surface area contributed by atoms with Crippen LogP contribution in [0.5, 0.6) is 0 Å². The Balaban J connectivity index is 2.85.